The van der Waals surface area contributed by atoms with E-state index >= 15 is 0 Å². The number of hydrogen-bond donors (Lipinski definition) is 2. The van der Waals surface area contributed by atoms with E-state index in [0.29, 0.717) is 23.1 Å². The smallest absolute Gasteiger partial charge is 0.269 e. The lowest BCUT2D eigenvalue weighted by Crippen LogP contribution is -2.29. The van der Waals surface area contributed by atoms with Gasteiger partial charge in [0.25, 0.3) is 11.5 Å². The minimum Gasteiger partial charge on any atom is -0.370 e. The second-order valence-corrected chi connectivity index (χ2v) is 8.66. The van der Waals surface area contributed by atoms with Crippen LogP contribution in [0.2, 0.25) is 0 Å². The lowest BCUT2D eigenvalue weighted by atomic mass is 10.0. The van der Waals surface area contributed by atoms with Crippen molar-refractivity contribution in [3.63, 3.8) is 0 Å². The van der Waals surface area contributed by atoms with E-state index in [1.165, 1.54) is 0 Å². The van der Waals surface area contributed by atoms with Crippen LogP contribution in [0, 0.1) is 18.8 Å². The first kappa shape index (κ1) is 19.7. The summed E-state index contributed by atoms with van der Waals surface area (Å²) in [6.07, 6.45) is 3.72. The van der Waals surface area contributed by atoms with Crippen molar-refractivity contribution in [2.24, 2.45) is 11.8 Å². The molecule has 160 valence electrons. The third kappa shape index (κ3) is 3.79. The van der Waals surface area contributed by atoms with Gasteiger partial charge in [0.2, 0.25) is 0 Å². The number of nitrogens with one attached hydrogen (secondary N) is 2. The van der Waals surface area contributed by atoms with Gasteiger partial charge in [-0.2, -0.15) is 0 Å². The Morgan fingerprint density at radius 2 is 1.90 bits per heavy atom. The van der Waals surface area contributed by atoms with E-state index in [9.17, 15) is 9.59 Å². The van der Waals surface area contributed by atoms with Crippen LogP contribution in [0.4, 0.5) is 5.69 Å². The van der Waals surface area contributed by atoms with E-state index in [2.05, 4.69) is 30.1 Å². The van der Waals surface area contributed by atoms with Crippen LogP contribution in [0.1, 0.15) is 21.6 Å². The predicted molar refractivity (Wildman–Crippen MR) is 119 cm³/mol. The van der Waals surface area contributed by atoms with Gasteiger partial charge < -0.3 is 15.2 Å². The van der Waals surface area contributed by atoms with Crippen LogP contribution in [0.5, 0.6) is 0 Å². The zero-order chi connectivity index (χ0) is 21.5. The summed E-state index contributed by atoms with van der Waals surface area (Å²) in [6.45, 7) is 6.75. The summed E-state index contributed by atoms with van der Waals surface area (Å²) in [5.41, 5.74) is 4.89. The van der Waals surface area contributed by atoms with Crippen LogP contribution >= 0.6 is 0 Å². The molecule has 5 heterocycles. The maximum absolute atomic E-state index is 11.9. The summed E-state index contributed by atoms with van der Waals surface area (Å²) in [7, 11) is 1.61. The molecule has 8 heteroatoms. The van der Waals surface area contributed by atoms with Crippen LogP contribution in [0.3, 0.4) is 0 Å². The van der Waals surface area contributed by atoms with Crippen molar-refractivity contribution in [2.45, 2.75) is 13.5 Å². The molecule has 2 saturated heterocycles. The van der Waals surface area contributed by atoms with Crippen LogP contribution in [-0.4, -0.2) is 59.0 Å². The maximum atomic E-state index is 11.9. The van der Waals surface area contributed by atoms with Gasteiger partial charge in [0.15, 0.2) is 0 Å². The number of nitrogens with zero attached hydrogens (tertiary/aromatic N) is 4. The molecule has 1 amide bonds. The normalized spacial score (nSPS) is 20.9. The van der Waals surface area contributed by atoms with Gasteiger partial charge in [-0.1, -0.05) is 0 Å². The second kappa shape index (κ2) is 7.77. The highest BCUT2D eigenvalue weighted by molar-refractivity contribution is 5.92. The molecule has 5 rings (SSSR count). The highest BCUT2D eigenvalue weighted by atomic mass is 16.1. The molecule has 2 aliphatic heterocycles. The minimum absolute atomic E-state index is 0.0555. The third-order valence-electron chi connectivity index (χ3n) is 6.48. The lowest BCUT2D eigenvalue weighted by Gasteiger charge is -2.23. The summed E-state index contributed by atoms with van der Waals surface area (Å²) in [5.74, 6) is 1.08. The van der Waals surface area contributed by atoms with Gasteiger partial charge in [-0.3, -0.25) is 19.5 Å². The molecule has 8 nitrogen and oxygen atoms in total. The number of hydrogen-bond acceptors (Lipinski definition) is 6. The van der Waals surface area contributed by atoms with Gasteiger partial charge in [0.1, 0.15) is 5.69 Å². The van der Waals surface area contributed by atoms with E-state index in [-0.39, 0.29) is 11.5 Å². The number of pyridine rings is 3. The molecule has 3 aromatic heterocycles. The highest BCUT2D eigenvalue weighted by Crippen LogP contribution is 2.34. The molecule has 2 unspecified atom stereocenters. The Kier molecular flexibility index (Phi) is 4.94. The predicted octanol–water partition coefficient (Wildman–Crippen LogP) is 1.55. The van der Waals surface area contributed by atoms with Gasteiger partial charge >= 0.3 is 0 Å². The standard InChI is InChI=1S/C23H26N6O2/c1-14-5-20-21(27-22(14)30)6-15(7-25-20)9-28-10-16-12-29(13-17(16)11-28)18-3-4-19(26-8-18)23(31)24-2/h3-8,16-17H,9-13H2,1-2H3,(H,24,31)(H,27,30). The van der Waals surface area contributed by atoms with Gasteiger partial charge in [0, 0.05) is 51.5 Å². The third-order valence-corrected chi connectivity index (χ3v) is 6.48. The van der Waals surface area contributed by atoms with E-state index in [4.69, 9.17) is 0 Å². The lowest BCUT2D eigenvalue weighted by molar-refractivity contribution is 0.0958. The second-order valence-electron chi connectivity index (χ2n) is 8.66. The van der Waals surface area contributed by atoms with Crippen LogP contribution < -0.4 is 15.8 Å². The average molecular weight is 419 g/mol. The van der Waals surface area contributed by atoms with Gasteiger partial charge in [-0.25, -0.2) is 4.98 Å². The number of amides is 1. The Balaban J connectivity index is 1.22. The molecule has 2 atom stereocenters. The van der Waals surface area contributed by atoms with E-state index in [0.717, 1.165) is 55.0 Å². The van der Waals surface area contributed by atoms with E-state index in [1.54, 1.807) is 26.2 Å². The fourth-order valence-corrected chi connectivity index (χ4v) is 4.84. The Morgan fingerprint density at radius 3 is 2.58 bits per heavy atom. The molecule has 0 saturated carbocycles. The first-order valence-corrected chi connectivity index (χ1v) is 10.6. The van der Waals surface area contributed by atoms with E-state index in [1.807, 2.05) is 24.4 Å². The monoisotopic (exact) mass is 418 g/mol. The Bertz CT molecular complexity index is 1170. The molecule has 2 fully saturated rings. The van der Waals surface area contributed by atoms with Gasteiger partial charge in [-0.05, 0) is 48.6 Å². The van der Waals surface area contributed by atoms with Crippen molar-refractivity contribution in [1.29, 1.82) is 0 Å². The number of likely N-dealkylation sites (tertiary alicyclic amines) is 1. The largest absolute Gasteiger partial charge is 0.370 e. The molecule has 0 radical (unpaired) electrons. The molecular weight excluding hydrogens is 392 g/mol. The number of fused-ring (bicyclic) bond motifs is 2. The SMILES string of the molecule is CNC(=O)c1ccc(N2CC3CN(Cc4cnc5cc(C)c(=O)[nH]c5c4)CC3C2)cn1. The van der Waals surface area contributed by atoms with E-state index < -0.39 is 0 Å². The Labute approximate surface area is 180 Å². The first-order chi connectivity index (χ1) is 15.0. The molecule has 0 aliphatic carbocycles. The fourth-order valence-electron chi connectivity index (χ4n) is 4.84. The van der Waals surface area contributed by atoms with Gasteiger partial charge in [0.05, 0.1) is 22.9 Å². The van der Waals surface area contributed by atoms with Crippen molar-refractivity contribution in [1.82, 2.24) is 25.2 Å². The zero-order valence-electron chi connectivity index (χ0n) is 17.8. The van der Waals surface area contributed by atoms with Crippen LogP contribution in [0.25, 0.3) is 11.0 Å². The highest BCUT2D eigenvalue weighted by Gasteiger charge is 2.40. The first-order valence-electron chi connectivity index (χ1n) is 10.6. The molecule has 0 aromatic carbocycles. The Morgan fingerprint density at radius 1 is 1.13 bits per heavy atom. The Hall–Kier alpha value is -3.26. The number of H-pyrrole nitrogens is 1. The van der Waals surface area contributed by atoms with Crippen molar-refractivity contribution >= 4 is 22.6 Å². The van der Waals surface area contributed by atoms with Gasteiger partial charge in [-0.15, -0.1) is 0 Å². The minimum atomic E-state index is -0.164. The molecule has 3 aromatic rings. The summed E-state index contributed by atoms with van der Waals surface area (Å²) in [5, 5.41) is 2.60. The number of aromatic amines is 1. The number of anilines is 1. The molecule has 31 heavy (non-hydrogen) atoms. The number of rotatable bonds is 4. The summed E-state index contributed by atoms with van der Waals surface area (Å²) >= 11 is 0. The molecule has 2 aliphatic rings. The number of aryl methyl sites for hydroxylation is 1. The number of aromatic nitrogens is 3. The molecule has 0 spiro atoms. The quantitative estimate of drug-likeness (QED) is 0.668. The fraction of sp³-hybridized carbons (Fsp3) is 0.391. The number of carbonyl (C=O) groups excluding carboxylic acids is 1. The summed E-state index contributed by atoms with van der Waals surface area (Å²) in [6, 6.07) is 7.65. The maximum Gasteiger partial charge on any atom is 0.269 e. The number of carbonyl (C=O) groups is 1. The topological polar surface area (TPSA) is 94.2 Å². The van der Waals surface area contributed by atoms with Crippen molar-refractivity contribution in [3.05, 3.63) is 63.8 Å². The molecule has 0 bridgehead atoms. The molecule has 2 N–H and O–H groups in total. The molecular formula is C23H26N6O2. The van der Waals surface area contributed by atoms with Crippen molar-refractivity contribution in [3.8, 4) is 0 Å². The summed E-state index contributed by atoms with van der Waals surface area (Å²) in [4.78, 5) is 40.2. The summed E-state index contributed by atoms with van der Waals surface area (Å²) < 4.78 is 0. The van der Waals surface area contributed by atoms with Crippen LogP contribution in [0.15, 0.2) is 41.5 Å². The zero-order valence-corrected chi connectivity index (χ0v) is 17.8. The van der Waals surface area contributed by atoms with Crippen molar-refractivity contribution in [2.75, 3.05) is 38.1 Å². The average Bonchev–Trinajstić information content (AvgIpc) is 3.33. The van der Waals surface area contributed by atoms with Crippen molar-refractivity contribution < 1.29 is 4.79 Å². The van der Waals surface area contributed by atoms with Crippen LogP contribution in [-0.2, 0) is 6.54 Å².